The van der Waals surface area contributed by atoms with Crippen molar-refractivity contribution in [2.45, 2.75) is 18.3 Å². The summed E-state index contributed by atoms with van der Waals surface area (Å²) in [7, 11) is 0. The Morgan fingerprint density at radius 2 is 2.05 bits per heavy atom. The third-order valence-electron chi connectivity index (χ3n) is 3.52. The standard InChI is InChI=1S/C16H15F2NO2S/c17-16(18)22-19-13-4-2-1-3-11(13)10-5-6-12-14(20)7-8-21-15(12)9-10/h1-6,9,14,16,19-20H,7-8H2/t14-/m0/s1. The normalized spacial score (nSPS) is 17.0. The quantitative estimate of drug-likeness (QED) is 0.816. The lowest BCUT2D eigenvalue weighted by molar-refractivity contribution is 0.115. The number of alkyl halides is 2. The van der Waals surface area contributed by atoms with Gasteiger partial charge in [-0.05, 0) is 17.7 Å². The fourth-order valence-corrected chi connectivity index (χ4v) is 2.86. The summed E-state index contributed by atoms with van der Waals surface area (Å²) in [6.45, 7) is 0.471. The maximum absolute atomic E-state index is 12.4. The van der Waals surface area contributed by atoms with Crippen molar-refractivity contribution < 1.29 is 18.6 Å². The number of nitrogens with one attached hydrogen (secondary N) is 1. The Kier molecular flexibility index (Phi) is 4.49. The van der Waals surface area contributed by atoms with Crippen molar-refractivity contribution in [1.82, 2.24) is 0 Å². The van der Waals surface area contributed by atoms with E-state index in [1.807, 2.05) is 30.3 Å². The molecule has 0 fully saturated rings. The fourth-order valence-electron chi connectivity index (χ4n) is 2.47. The van der Waals surface area contributed by atoms with E-state index in [4.69, 9.17) is 4.74 Å². The van der Waals surface area contributed by atoms with Crippen LogP contribution < -0.4 is 9.46 Å². The van der Waals surface area contributed by atoms with Gasteiger partial charge in [-0.15, -0.1) is 0 Å². The van der Waals surface area contributed by atoms with Crippen molar-refractivity contribution in [2.75, 3.05) is 11.3 Å². The largest absolute Gasteiger partial charge is 0.493 e. The van der Waals surface area contributed by atoms with Crippen molar-refractivity contribution in [1.29, 1.82) is 0 Å². The van der Waals surface area contributed by atoms with Gasteiger partial charge in [-0.3, -0.25) is 0 Å². The third kappa shape index (κ3) is 3.18. The monoisotopic (exact) mass is 323 g/mol. The van der Waals surface area contributed by atoms with E-state index in [0.717, 1.165) is 16.7 Å². The molecule has 6 heteroatoms. The Balaban J connectivity index is 1.94. The minimum atomic E-state index is -2.49. The van der Waals surface area contributed by atoms with Crippen LogP contribution in [0.5, 0.6) is 5.75 Å². The summed E-state index contributed by atoms with van der Waals surface area (Å²) in [5.74, 6) is -1.84. The predicted octanol–water partition coefficient (Wildman–Crippen LogP) is 4.45. The second kappa shape index (κ2) is 6.54. The van der Waals surface area contributed by atoms with E-state index >= 15 is 0 Å². The van der Waals surface area contributed by atoms with Gasteiger partial charge in [-0.1, -0.05) is 30.3 Å². The van der Waals surface area contributed by atoms with Gasteiger partial charge >= 0.3 is 5.76 Å². The zero-order chi connectivity index (χ0) is 15.5. The van der Waals surface area contributed by atoms with Gasteiger partial charge in [0, 0.05) is 29.5 Å². The van der Waals surface area contributed by atoms with Crippen molar-refractivity contribution in [3.05, 3.63) is 48.0 Å². The second-order valence-corrected chi connectivity index (χ2v) is 5.73. The van der Waals surface area contributed by atoms with Crippen molar-refractivity contribution in [3.63, 3.8) is 0 Å². The number of benzene rings is 2. The highest BCUT2D eigenvalue weighted by atomic mass is 32.2. The van der Waals surface area contributed by atoms with Crippen molar-refractivity contribution in [2.24, 2.45) is 0 Å². The number of ether oxygens (including phenoxy) is 1. The first-order chi connectivity index (χ1) is 10.6. The fraction of sp³-hybridized carbons (Fsp3) is 0.250. The average Bonchev–Trinajstić information content (AvgIpc) is 2.53. The molecule has 0 amide bonds. The smallest absolute Gasteiger partial charge is 0.302 e. The van der Waals surface area contributed by atoms with Gasteiger partial charge in [0.2, 0.25) is 0 Å². The molecule has 3 nitrogen and oxygen atoms in total. The summed E-state index contributed by atoms with van der Waals surface area (Å²) in [4.78, 5) is 0. The Hall–Kier alpha value is -1.79. The SMILES string of the molecule is O[C@H]1CCOc2cc(-c3ccccc3NSC(F)F)ccc21. The molecule has 116 valence electrons. The number of rotatable bonds is 4. The Labute approximate surface area is 131 Å². The molecule has 2 N–H and O–H groups in total. The minimum Gasteiger partial charge on any atom is -0.493 e. The zero-order valence-electron chi connectivity index (χ0n) is 11.6. The molecule has 0 saturated carbocycles. The molecule has 0 saturated heterocycles. The van der Waals surface area contributed by atoms with Crippen molar-refractivity contribution >= 4 is 17.6 Å². The molecule has 1 atom stereocenters. The maximum Gasteiger partial charge on any atom is 0.302 e. The van der Waals surface area contributed by atoms with E-state index < -0.39 is 11.9 Å². The Morgan fingerprint density at radius 3 is 2.86 bits per heavy atom. The van der Waals surface area contributed by atoms with Gasteiger partial charge in [0.15, 0.2) is 0 Å². The topological polar surface area (TPSA) is 41.5 Å². The van der Waals surface area contributed by atoms with E-state index in [9.17, 15) is 13.9 Å². The highest BCUT2D eigenvalue weighted by Gasteiger charge is 2.20. The van der Waals surface area contributed by atoms with Gasteiger partial charge in [0.1, 0.15) is 5.75 Å². The average molecular weight is 323 g/mol. The molecule has 0 aliphatic carbocycles. The van der Waals surface area contributed by atoms with E-state index in [1.165, 1.54) is 0 Å². The van der Waals surface area contributed by atoms with Gasteiger partial charge in [0.25, 0.3) is 0 Å². The molecule has 2 aromatic rings. The maximum atomic E-state index is 12.4. The van der Waals surface area contributed by atoms with Gasteiger partial charge in [-0.2, -0.15) is 8.78 Å². The number of fused-ring (bicyclic) bond motifs is 1. The summed E-state index contributed by atoms with van der Waals surface area (Å²) in [6, 6.07) is 12.8. The van der Waals surface area contributed by atoms with Crippen LogP contribution in [0.2, 0.25) is 0 Å². The number of hydrogen-bond acceptors (Lipinski definition) is 4. The van der Waals surface area contributed by atoms with Crippen LogP contribution in [0, 0.1) is 0 Å². The molecule has 0 radical (unpaired) electrons. The summed E-state index contributed by atoms with van der Waals surface area (Å²) in [5.41, 5.74) is 3.04. The van der Waals surface area contributed by atoms with Gasteiger partial charge in [-0.25, -0.2) is 0 Å². The second-order valence-electron chi connectivity index (χ2n) is 4.93. The lowest BCUT2D eigenvalue weighted by atomic mass is 9.97. The highest BCUT2D eigenvalue weighted by molar-refractivity contribution is 8.00. The third-order valence-corrected chi connectivity index (χ3v) is 4.03. The first-order valence-electron chi connectivity index (χ1n) is 6.89. The number of aliphatic hydroxyl groups is 1. The van der Waals surface area contributed by atoms with E-state index in [1.54, 1.807) is 12.1 Å². The molecule has 1 heterocycles. The molecule has 0 bridgehead atoms. The minimum absolute atomic E-state index is 0.368. The number of aliphatic hydroxyl groups excluding tert-OH is 1. The number of halogens is 2. The molecule has 0 unspecified atom stereocenters. The van der Waals surface area contributed by atoms with Gasteiger partial charge in [0.05, 0.1) is 18.4 Å². The van der Waals surface area contributed by atoms with Crippen LogP contribution in [-0.2, 0) is 0 Å². The highest BCUT2D eigenvalue weighted by Crippen LogP contribution is 2.38. The van der Waals surface area contributed by atoms with E-state index in [0.29, 0.717) is 36.4 Å². The van der Waals surface area contributed by atoms with Crippen LogP contribution in [0.25, 0.3) is 11.1 Å². The molecular weight excluding hydrogens is 308 g/mol. The Morgan fingerprint density at radius 1 is 1.23 bits per heavy atom. The number of anilines is 1. The summed E-state index contributed by atoms with van der Waals surface area (Å²) >= 11 is 0.368. The Bertz CT molecular complexity index is 666. The molecule has 1 aliphatic rings. The zero-order valence-corrected chi connectivity index (χ0v) is 12.4. The molecular formula is C16H15F2NO2S. The summed E-state index contributed by atoms with van der Waals surface area (Å²) < 4.78 is 33.0. The first-order valence-corrected chi connectivity index (χ1v) is 7.77. The molecule has 3 rings (SSSR count). The van der Waals surface area contributed by atoms with E-state index in [2.05, 4.69) is 4.72 Å². The lowest BCUT2D eigenvalue weighted by Gasteiger charge is -2.23. The summed E-state index contributed by atoms with van der Waals surface area (Å²) in [5, 5.41) is 9.94. The molecule has 0 aromatic heterocycles. The van der Waals surface area contributed by atoms with Crippen LogP contribution in [0.4, 0.5) is 14.5 Å². The van der Waals surface area contributed by atoms with Crippen LogP contribution in [0.3, 0.4) is 0 Å². The molecule has 2 aromatic carbocycles. The van der Waals surface area contributed by atoms with Crippen LogP contribution >= 0.6 is 11.9 Å². The first kappa shape index (κ1) is 15.1. The van der Waals surface area contributed by atoms with Crippen LogP contribution in [-0.4, -0.2) is 17.5 Å². The molecule has 1 aliphatic heterocycles. The van der Waals surface area contributed by atoms with Crippen molar-refractivity contribution in [3.8, 4) is 16.9 Å². The number of para-hydroxylation sites is 1. The van der Waals surface area contributed by atoms with E-state index in [-0.39, 0.29) is 0 Å². The van der Waals surface area contributed by atoms with Gasteiger partial charge < -0.3 is 14.6 Å². The number of hydrogen-bond donors (Lipinski definition) is 2. The van der Waals surface area contributed by atoms with Crippen LogP contribution in [0.1, 0.15) is 18.1 Å². The summed E-state index contributed by atoms with van der Waals surface area (Å²) in [6.07, 6.45) is 0.0655. The van der Waals surface area contributed by atoms with Crippen LogP contribution in [0.15, 0.2) is 42.5 Å². The predicted molar refractivity (Wildman–Crippen MR) is 84.2 cm³/mol. The molecule has 0 spiro atoms. The lowest BCUT2D eigenvalue weighted by Crippen LogP contribution is -2.13. The molecule has 22 heavy (non-hydrogen) atoms.